The minimum absolute atomic E-state index is 0.0258. The van der Waals surface area contributed by atoms with Gasteiger partial charge in [0, 0.05) is 45.2 Å². The summed E-state index contributed by atoms with van der Waals surface area (Å²) >= 11 is 0. The third kappa shape index (κ3) is 3.25. The predicted octanol–water partition coefficient (Wildman–Crippen LogP) is 1.75. The smallest absolute Gasteiger partial charge is 0.320 e. The van der Waals surface area contributed by atoms with Crippen LogP contribution in [-0.2, 0) is 0 Å². The average Bonchev–Trinajstić information content (AvgIpc) is 3.36. The van der Waals surface area contributed by atoms with Gasteiger partial charge in [-0.2, -0.15) is 0 Å². The Hall–Kier alpha value is -2.05. The summed E-state index contributed by atoms with van der Waals surface area (Å²) in [5, 5.41) is 0. The van der Waals surface area contributed by atoms with Crippen LogP contribution in [0.3, 0.4) is 0 Å². The maximum atomic E-state index is 12.4. The van der Waals surface area contributed by atoms with Crippen LogP contribution in [0.5, 0.6) is 5.88 Å². The third-order valence-corrected chi connectivity index (χ3v) is 5.14. The number of hydrogen-bond acceptors (Lipinski definition) is 5. The lowest BCUT2D eigenvalue weighted by molar-refractivity contribution is 0.159. The Morgan fingerprint density at radius 2 is 1.75 bits per heavy atom. The molecule has 3 aliphatic heterocycles. The maximum Gasteiger partial charge on any atom is 0.320 e. The van der Waals surface area contributed by atoms with Gasteiger partial charge in [0.05, 0.1) is 6.54 Å². The second kappa shape index (κ2) is 6.83. The monoisotopic (exact) mass is 331 g/mol. The van der Waals surface area contributed by atoms with E-state index in [0.717, 1.165) is 57.8 Å². The Bertz CT molecular complexity index is 584. The molecule has 0 aromatic carbocycles. The van der Waals surface area contributed by atoms with Crippen LogP contribution in [0.15, 0.2) is 12.4 Å². The van der Waals surface area contributed by atoms with E-state index in [1.54, 1.807) is 6.33 Å². The topological polar surface area (TPSA) is 61.8 Å². The highest BCUT2D eigenvalue weighted by molar-refractivity contribution is 5.75. The highest BCUT2D eigenvalue weighted by atomic mass is 16.5. The Labute approximate surface area is 142 Å². The van der Waals surface area contributed by atoms with E-state index >= 15 is 0 Å². The zero-order valence-electron chi connectivity index (χ0n) is 14.1. The van der Waals surface area contributed by atoms with Gasteiger partial charge in [-0.25, -0.2) is 14.8 Å². The fourth-order valence-corrected chi connectivity index (χ4v) is 3.79. The average molecular weight is 331 g/mol. The normalized spacial score (nSPS) is 24.0. The molecule has 1 aromatic heterocycles. The summed E-state index contributed by atoms with van der Waals surface area (Å²) in [6.45, 7) is 5.32. The van der Waals surface area contributed by atoms with Gasteiger partial charge in [0.2, 0.25) is 5.88 Å². The molecule has 1 atom stereocenters. The van der Waals surface area contributed by atoms with Crippen molar-refractivity contribution in [3.8, 4) is 5.88 Å². The van der Waals surface area contributed by atoms with Crippen molar-refractivity contribution < 1.29 is 9.53 Å². The number of nitrogens with zero attached hydrogens (tertiary/aromatic N) is 5. The molecule has 0 bridgehead atoms. The molecule has 3 fully saturated rings. The fraction of sp³-hybridized carbons (Fsp3) is 0.706. The first kappa shape index (κ1) is 15.5. The molecule has 0 spiro atoms. The van der Waals surface area contributed by atoms with Crippen LogP contribution in [0.1, 0.15) is 32.1 Å². The van der Waals surface area contributed by atoms with Crippen LogP contribution < -0.4 is 9.64 Å². The van der Waals surface area contributed by atoms with E-state index in [4.69, 9.17) is 4.74 Å². The number of urea groups is 1. The number of anilines is 1. The van der Waals surface area contributed by atoms with Gasteiger partial charge in [-0.3, -0.25) is 0 Å². The van der Waals surface area contributed by atoms with Crippen molar-refractivity contribution in [2.24, 2.45) is 0 Å². The molecule has 7 nitrogen and oxygen atoms in total. The number of likely N-dealkylation sites (tertiary alicyclic amines) is 2. The summed E-state index contributed by atoms with van der Waals surface area (Å²) in [4.78, 5) is 27.2. The molecular formula is C17H25N5O2. The van der Waals surface area contributed by atoms with Gasteiger partial charge < -0.3 is 19.4 Å². The molecule has 130 valence electrons. The number of ether oxygens (including phenoxy) is 1. The van der Waals surface area contributed by atoms with Crippen LogP contribution in [0.25, 0.3) is 0 Å². The molecule has 4 heterocycles. The Balaban J connectivity index is 1.34. The molecule has 0 N–H and O–H groups in total. The molecule has 0 radical (unpaired) electrons. The predicted molar refractivity (Wildman–Crippen MR) is 90.3 cm³/mol. The number of hydrogen-bond donors (Lipinski definition) is 0. The molecule has 0 aliphatic carbocycles. The van der Waals surface area contributed by atoms with Crippen LogP contribution >= 0.6 is 0 Å². The molecule has 0 saturated carbocycles. The van der Waals surface area contributed by atoms with Gasteiger partial charge in [-0.15, -0.1) is 0 Å². The van der Waals surface area contributed by atoms with Gasteiger partial charge in [-0.05, 0) is 25.7 Å². The number of carbonyl (C=O) groups excluding carboxylic acids is 1. The summed E-state index contributed by atoms with van der Waals surface area (Å²) in [6.07, 6.45) is 7.15. The van der Waals surface area contributed by atoms with Gasteiger partial charge in [0.1, 0.15) is 18.2 Å². The first-order valence-electron chi connectivity index (χ1n) is 9.07. The first-order chi connectivity index (χ1) is 11.8. The van der Waals surface area contributed by atoms with E-state index in [0.29, 0.717) is 12.4 Å². The van der Waals surface area contributed by atoms with Gasteiger partial charge in [0.15, 0.2) is 0 Å². The lowest BCUT2D eigenvalue weighted by Gasteiger charge is -2.24. The van der Waals surface area contributed by atoms with Crippen molar-refractivity contribution in [3.05, 3.63) is 12.4 Å². The van der Waals surface area contributed by atoms with E-state index in [-0.39, 0.29) is 12.1 Å². The second-order valence-electron chi connectivity index (χ2n) is 6.86. The van der Waals surface area contributed by atoms with Crippen molar-refractivity contribution in [2.45, 2.75) is 38.2 Å². The SMILES string of the molecule is O=C(N1CCCC1)N1CCC(Oc2cc(N3CCCC3)ncn2)C1. The minimum Gasteiger partial charge on any atom is -0.472 e. The molecule has 1 aromatic rings. The van der Waals surface area contributed by atoms with Gasteiger partial charge >= 0.3 is 6.03 Å². The highest BCUT2D eigenvalue weighted by Gasteiger charge is 2.31. The summed E-state index contributed by atoms with van der Waals surface area (Å²) in [5.41, 5.74) is 0. The second-order valence-corrected chi connectivity index (χ2v) is 6.86. The van der Waals surface area contributed by atoms with Crippen molar-refractivity contribution in [3.63, 3.8) is 0 Å². The van der Waals surface area contributed by atoms with Crippen molar-refractivity contribution in [2.75, 3.05) is 44.2 Å². The first-order valence-corrected chi connectivity index (χ1v) is 9.07. The van der Waals surface area contributed by atoms with Crippen molar-refractivity contribution >= 4 is 11.8 Å². The zero-order valence-corrected chi connectivity index (χ0v) is 14.1. The number of aromatic nitrogens is 2. The van der Waals surface area contributed by atoms with Gasteiger partial charge in [0.25, 0.3) is 0 Å². The molecular weight excluding hydrogens is 306 g/mol. The molecule has 2 amide bonds. The quantitative estimate of drug-likeness (QED) is 0.844. The summed E-state index contributed by atoms with van der Waals surface area (Å²) in [6, 6.07) is 2.09. The minimum atomic E-state index is 0.0258. The Morgan fingerprint density at radius 3 is 2.54 bits per heavy atom. The van der Waals surface area contributed by atoms with Crippen LogP contribution in [0, 0.1) is 0 Å². The summed E-state index contributed by atoms with van der Waals surface area (Å²) in [7, 11) is 0. The van der Waals surface area contributed by atoms with Crippen molar-refractivity contribution in [1.82, 2.24) is 19.8 Å². The zero-order chi connectivity index (χ0) is 16.4. The van der Waals surface area contributed by atoms with Crippen LogP contribution in [0.2, 0.25) is 0 Å². The summed E-state index contributed by atoms with van der Waals surface area (Å²) < 4.78 is 6.03. The Kier molecular flexibility index (Phi) is 4.40. The lowest BCUT2D eigenvalue weighted by atomic mass is 10.3. The number of amides is 2. The van der Waals surface area contributed by atoms with Crippen LogP contribution in [0.4, 0.5) is 10.6 Å². The van der Waals surface area contributed by atoms with E-state index in [9.17, 15) is 4.79 Å². The lowest BCUT2D eigenvalue weighted by Crippen LogP contribution is -2.41. The maximum absolute atomic E-state index is 12.4. The van der Waals surface area contributed by atoms with E-state index < -0.39 is 0 Å². The van der Waals surface area contributed by atoms with E-state index in [1.807, 2.05) is 15.9 Å². The Morgan fingerprint density at radius 1 is 1.00 bits per heavy atom. The van der Waals surface area contributed by atoms with Gasteiger partial charge in [-0.1, -0.05) is 0 Å². The highest BCUT2D eigenvalue weighted by Crippen LogP contribution is 2.23. The molecule has 24 heavy (non-hydrogen) atoms. The van der Waals surface area contributed by atoms with Crippen molar-refractivity contribution in [1.29, 1.82) is 0 Å². The summed E-state index contributed by atoms with van der Waals surface area (Å²) in [5.74, 6) is 1.56. The number of carbonyl (C=O) groups is 1. The van der Waals surface area contributed by atoms with E-state index in [1.165, 1.54) is 12.8 Å². The standard InChI is InChI=1S/C17H25N5O2/c23-17(21-8-3-4-9-21)22-10-5-14(12-22)24-16-11-15(18-13-19-16)20-6-1-2-7-20/h11,13-14H,1-10,12H2. The third-order valence-electron chi connectivity index (χ3n) is 5.14. The largest absolute Gasteiger partial charge is 0.472 e. The molecule has 3 aliphatic rings. The molecule has 7 heteroatoms. The number of rotatable bonds is 3. The fourth-order valence-electron chi connectivity index (χ4n) is 3.79. The molecule has 3 saturated heterocycles. The molecule has 1 unspecified atom stereocenters. The molecule has 4 rings (SSSR count). The van der Waals surface area contributed by atoms with Crippen LogP contribution in [-0.4, -0.2) is 71.2 Å². The van der Waals surface area contributed by atoms with E-state index in [2.05, 4.69) is 14.9 Å².